The Morgan fingerprint density at radius 2 is 1.63 bits per heavy atom. The van der Waals surface area contributed by atoms with E-state index in [1.165, 1.54) is 42.8 Å². The van der Waals surface area contributed by atoms with E-state index in [1.807, 2.05) is 0 Å². The smallest absolute Gasteiger partial charge is 0.252 e. The lowest BCUT2D eigenvalue weighted by Gasteiger charge is -2.59. The van der Waals surface area contributed by atoms with Gasteiger partial charge in [-0.05, 0) is 80.8 Å². The van der Waals surface area contributed by atoms with E-state index in [4.69, 9.17) is 4.74 Å². The van der Waals surface area contributed by atoms with Crippen molar-refractivity contribution in [1.29, 1.82) is 0 Å². The van der Waals surface area contributed by atoms with Gasteiger partial charge in [-0.3, -0.25) is 4.79 Å². The molecule has 4 bridgehead atoms. The van der Waals surface area contributed by atoms with Crippen LogP contribution in [0.2, 0.25) is 0 Å². The van der Waals surface area contributed by atoms with Gasteiger partial charge in [0.25, 0.3) is 5.91 Å². The maximum atomic E-state index is 13.3. The summed E-state index contributed by atoms with van der Waals surface area (Å²) in [7, 11) is -3.73. The molecule has 1 aromatic rings. The number of carbonyl (C=O) groups is 1. The van der Waals surface area contributed by atoms with Gasteiger partial charge in [0.15, 0.2) is 0 Å². The van der Waals surface area contributed by atoms with Gasteiger partial charge in [0.05, 0.1) is 23.7 Å². The summed E-state index contributed by atoms with van der Waals surface area (Å²) in [5.41, 5.74) is 0.434. The minimum absolute atomic E-state index is 0.0533. The van der Waals surface area contributed by atoms with Gasteiger partial charge in [-0.2, -0.15) is 4.31 Å². The zero-order valence-corrected chi connectivity index (χ0v) is 18.5. The maximum Gasteiger partial charge on any atom is 0.252 e. The molecule has 1 atom stereocenters. The van der Waals surface area contributed by atoms with Gasteiger partial charge in [-0.1, -0.05) is 12.1 Å². The number of carbonyl (C=O) groups excluding carboxylic acids is 1. The first-order chi connectivity index (χ1) is 14.4. The van der Waals surface area contributed by atoms with E-state index in [2.05, 4.69) is 12.2 Å². The Bertz CT molecular complexity index is 888. The summed E-state index contributed by atoms with van der Waals surface area (Å²) < 4.78 is 33.1. The van der Waals surface area contributed by atoms with Crippen molar-refractivity contribution in [3.05, 3.63) is 29.8 Å². The van der Waals surface area contributed by atoms with Crippen molar-refractivity contribution >= 4 is 15.9 Å². The number of nitrogens with one attached hydrogen (secondary N) is 1. The number of hydrogen-bond acceptors (Lipinski definition) is 4. The molecule has 6 rings (SSSR count). The third-order valence-electron chi connectivity index (χ3n) is 8.07. The third kappa shape index (κ3) is 3.49. The van der Waals surface area contributed by atoms with Gasteiger partial charge in [0, 0.05) is 19.1 Å². The lowest BCUT2D eigenvalue weighted by Crippen LogP contribution is -2.55. The van der Waals surface area contributed by atoms with Crippen LogP contribution in [0.4, 0.5) is 0 Å². The summed E-state index contributed by atoms with van der Waals surface area (Å²) in [5.74, 6) is 2.16. The van der Waals surface area contributed by atoms with Crippen molar-refractivity contribution in [3.63, 3.8) is 0 Å². The van der Waals surface area contributed by atoms with E-state index in [1.54, 1.807) is 24.3 Å². The molecule has 0 radical (unpaired) electrons. The van der Waals surface area contributed by atoms with Crippen molar-refractivity contribution in [2.45, 2.75) is 56.4 Å². The van der Waals surface area contributed by atoms with E-state index < -0.39 is 10.0 Å². The van der Waals surface area contributed by atoms with Crippen LogP contribution < -0.4 is 5.32 Å². The maximum absolute atomic E-state index is 13.3. The molecule has 5 aliphatic rings. The number of benzene rings is 1. The summed E-state index contributed by atoms with van der Waals surface area (Å²) in [6, 6.07) is 6.66. The molecule has 1 unspecified atom stereocenters. The number of hydrogen-bond donors (Lipinski definition) is 1. The first kappa shape index (κ1) is 20.5. The van der Waals surface area contributed by atoms with Gasteiger partial charge in [0.2, 0.25) is 10.0 Å². The van der Waals surface area contributed by atoms with Gasteiger partial charge in [0.1, 0.15) is 0 Å². The van der Waals surface area contributed by atoms with Gasteiger partial charge in [-0.25, -0.2) is 8.42 Å². The lowest BCUT2D eigenvalue weighted by molar-refractivity contribution is -0.0688. The minimum atomic E-state index is -3.73. The Hall–Kier alpha value is -1.44. The van der Waals surface area contributed by atoms with E-state index in [0.717, 1.165) is 17.8 Å². The summed E-state index contributed by atoms with van der Waals surface area (Å²) in [6.45, 7) is 3.54. The second-order valence-electron chi connectivity index (χ2n) is 9.99. The van der Waals surface area contributed by atoms with Gasteiger partial charge in [-0.15, -0.1) is 0 Å². The number of amides is 1. The standard InChI is InChI=1S/C23H32N2O4S/c1-16(23-13-17-10-18(14-23)12-19(11-17)15-23)24-22(26)20-4-2-3-5-21(20)30(27,28)25-6-8-29-9-7-25/h2-5,16-19H,6-15H2,1H3,(H,24,26). The highest BCUT2D eigenvalue weighted by Gasteiger charge is 2.53. The van der Waals surface area contributed by atoms with Crippen LogP contribution in [0.25, 0.3) is 0 Å². The van der Waals surface area contributed by atoms with E-state index in [9.17, 15) is 13.2 Å². The topological polar surface area (TPSA) is 75.7 Å². The lowest BCUT2D eigenvalue weighted by atomic mass is 9.48. The van der Waals surface area contributed by atoms with Gasteiger partial charge >= 0.3 is 0 Å². The quantitative estimate of drug-likeness (QED) is 0.776. The molecule has 7 heteroatoms. The summed E-state index contributed by atoms with van der Waals surface area (Å²) in [5, 5.41) is 3.22. The van der Waals surface area contributed by atoms with Gasteiger partial charge < -0.3 is 10.1 Å². The third-order valence-corrected chi connectivity index (χ3v) is 10.0. The molecule has 164 valence electrons. The zero-order chi connectivity index (χ0) is 20.9. The Kier molecular flexibility index (Phi) is 5.19. The Balaban J connectivity index is 1.37. The first-order valence-electron chi connectivity index (χ1n) is 11.4. The fourth-order valence-electron chi connectivity index (χ4n) is 6.94. The zero-order valence-electron chi connectivity index (χ0n) is 17.7. The largest absolute Gasteiger partial charge is 0.379 e. The molecule has 6 nitrogen and oxygen atoms in total. The monoisotopic (exact) mass is 432 g/mol. The normalized spacial score (nSPS) is 34.6. The molecule has 1 aromatic carbocycles. The fourth-order valence-corrected chi connectivity index (χ4v) is 8.54. The van der Waals surface area contributed by atoms with Crippen LogP contribution in [0.3, 0.4) is 0 Å². The van der Waals surface area contributed by atoms with E-state index in [-0.39, 0.29) is 27.8 Å². The summed E-state index contributed by atoms with van der Waals surface area (Å²) >= 11 is 0. The number of ether oxygens (including phenoxy) is 1. The predicted octanol–water partition coefficient (Wildman–Crippen LogP) is 3.04. The number of sulfonamides is 1. The molecular formula is C23H32N2O4S. The van der Waals surface area contributed by atoms with Crippen LogP contribution in [0.1, 0.15) is 55.8 Å². The van der Waals surface area contributed by atoms with E-state index in [0.29, 0.717) is 26.3 Å². The van der Waals surface area contributed by atoms with Crippen LogP contribution >= 0.6 is 0 Å². The van der Waals surface area contributed by atoms with Crippen LogP contribution in [0, 0.1) is 23.2 Å². The summed E-state index contributed by atoms with van der Waals surface area (Å²) in [6.07, 6.45) is 7.69. The number of nitrogens with zero attached hydrogens (tertiary/aromatic N) is 1. The Labute approximate surface area is 179 Å². The molecule has 30 heavy (non-hydrogen) atoms. The SMILES string of the molecule is CC(NC(=O)c1ccccc1S(=O)(=O)N1CCOCC1)C12CC3CC(CC(C3)C1)C2. The molecule has 0 aromatic heterocycles. The second-order valence-corrected chi connectivity index (χ2v) is 11.9. The molecule has 1 saturated heterocycles. The van der Waals surface area contributed by atoms with Crippen molar-refractivity contribution in [3.8, 4) is 0 Å². The van der Waals surface area contributed by atoms with E-state index >= 15 is 0 Å². The van der Waals surface area contributed by atoms with Crippen LogP contribution in [-0.4, -0.2) is 51.0 Å². The molecule has 1 aliphatic heterocycles. The Morgan fingerprint density at radius 1 is 1.07 bits per heavy atom. The first-order valence-corrected chi connectivity index (χ1v) is 12.8. The molecule has 1 heterocycles. The van der Waals surface area contributed by atoms with Crippen LogP contribution in [0.5, 0.6) is 0 Å². The van der Waals surface area contributed by atoms with Crippen molar-refractivity contribution in [2.75, 3.05) is 26.3 Å². The summed E-state index contributed by atoms with van der Waals surface area (Å²) in [4.78, 5) is 13.4. The molecule has 1 N–H and O–H groups in total. The predicted molar refractivity (Wildman–Crippen MR) is 114 cm³/mol. The fraction of sp³-hybridized carbons (Fsp3) is 0.696. The highest BCUT2D eigenvalue weighted by molar-refractivity contribution is 7.89. The Morgan fingerprint density at radius 3 is 2.23 bits per heavy atom. The van der Waals surface area contributed by atoms with Crippen molar-refractivity contribution in [2.24, 2.45) is 23.2 Å². The van der Waals surface area contributed by atoms with Crippen molar-refractivity contribution in [1.82, 2.24) is 9.62 Å². The average Bonchev–Trinajstić information content (AvgIpc) is 2.73. The minimum Gasteiger partial charge on any atom is -0.379 e. The number of morpholine rings is 1. The average molecular weight is 433 g/mol. The molecule has 5 fully saturated rings. The number of rotatable bonds is 5. The molecule has 4 saturated carbocycles. The van der Waals surface area contributed by atoms with Crippen LogP contribution in [0.15, 0.2) is 29.2 Å². The van der Waals surface area contributed by atoms with Crippen molar-refractivity contribution < 1.29 is 17.9 Å². The molecule has 0 spiro atoms. The molecular weight excluding hydrogens is 400 g/mol. The highest BCUT2D eigenvalue weighted by atomic mass is 32.2. The second kappa shape index (κ2) is 7.61. The van der Waals surface area contributed by atoms with Crippen LogP contribution in [-0.2, 0) is 14.8 Å². The molecule has 1 amide bonds. The highest BCUT2D eigenvalue weighted by Crippen LogP contribution is 2.61. The molecule has 4 aliphatic carbocycles.